The summed E-state index contributed by atoms with van der Waals surface area (Å²) in [7, 11) is 0. The van der Waals surface area contributed by atoms with Crippen molar-refractivity contribution in [3.63, 3.8) is 0 Å². The minimum atomic E-state index is -0.435. The first-order chi connectivity index (χ1) is 8.22. The van der Waals surface area contributed by atoms with Crippen LogP contribution in [0.5, 0.6) is 0 Å². The second-order valence-corrected chi connectivity index (χ2v) is 4.65. The highest BCUT2D eigenvalue weighted by atomic mass is 19.1. The molecule has 1 aromatic carbocycles. The lowest BCUT2D eigenvalue weighted by Crippen LogP contribution is -2.33. The third-order valence-electron chi connectivity index (χ3n) is 3.32. The molecule has 2 nitrogen and oxygen atoms in total. The van der Waals surface area contributed by atoms with Crippen molar-refractivity contribution < 1.29 is 4.39 Å². The molecule has 1 unspecified atom stereocenters. The molecule has 1 aliphatic heterocycles. The third kappa shape index (κ3) is 2.65. The average Bonchev–Trinajstić information content (AvgIpc) is 2.36. The van der Waals surface area contributed by atoms with E-state index in [1.165, 1.54) is 12.5 Å². The molecule has 1 fully saturated rings. The van der Waals surface area contributed by atoms with Crippen molar-refractivity contribution in [2.24, 2.45) is 0 Å². The molecule has 1 atom stereocenters. The number of aryl methyl sites for hydroxylation is 1. The fourth-order valence-corrected chi connectivity index (χ4v) is 2.40. The zero-order chi connectivity index (χ0) is 12.3. The highest BCUT2D eigenvalue weighted by Crippen LogP contribution is 2.26. The van der Waals surface area contributed by atoms with Crippen molar-refractivity contribution in [2.45, 2.75) is 32.2 Å². The summed E-state index contributed by atoms with van der Waals surface area (Å²) in [5.41, 5.74) is 1.52. The second-order valence-electron chi connectivity index (χ2n) is 4.65. The number of nitrogens with zero attached hydrogens (tertiary/aromatic N) is 2. The van der Waals surface area contributed by atoms with Crippen LogP contribution in [0.15, 0.2) is 18.2 Å². The van der Waals surface area contributed by atoms with E-state index in [1.807, 2.05) is 6.92 Å². The van der Waals surface area contributed by atoms with Gasteiger partial charge in [0.25, 0.3) is 0 Å². The molecule has 1 aliphatic rings. The summed E-state index contributed by atoms with van der Waals surface area (Å²) in [6, 6.07) is 6.79. The molecule has 3 heteroatoms. The summed E-state index contributed by atoms with van der Waals surface area (Å²) in [6.07, 6.45) is 3.42. The zero-order valence-corrected chi connectivity index (χ0v) is 10.1. The van der Waals surface area contributed by atoms with Crippen LogP contribution in [0.1, 0.15) is 36.4 Å². The van der Waals surface area contributed by atoms with Crippen molar-refractivity contribution >= 4 is 0 Å². The van der Waals surface area contributed by atoms with Crippen LogP contribution in [-0.2, 0) is 0 Å². The lowest BCUT2D eigenvalue weighted by molar-refractivity contribution is 0.193. The Kier molecular flexibility index (Phi) is 3.75. The van der Waals surface area contributed by atoms with Crippen molar-refractivity contribution in [2.75, 3.05) is 13.1 Å². The molecule has 0 saturated carbocycles. The number of benzene rings is 1. The molecule has 1 aromatic rings. The number of piperidine rings is 1. The summed E-state index contributed by atoms with van der Waals surface area (Å²) in [4.78, 5) is 2.08. The van der Waals surface area contributed by atoms with E-state index < -0.39 is 6.04 Å². The summed E-state index contributed by atoms with van der Waals surface area (Å²) >= 11 is 0. The fraction of sp³-hybridized carbons (Fsp3) is 0.500. The van der Waals surface area contributed by atoms with Crippen LogP contribution in [0.3, 0.4) is 0 Å². The lowest BCUT2D eigenvalue weighted by atomic mass is 10.0. The summed E-state index contributed by atoms with van der Waals surface area (Å²) in [5, 5.41) is 9.29. The highest BCUT2D eigenvalue weighted by molar-refractivity contribution is 5.30. The average molecular weight is 232 g/mol. The maximum Gasteiger partial charge on any atom is 0.129 e. The number of hydrogen-bond donors (Lipinski definition) is 0. The first kappa shape index (κ1) is 12.1. The first-order valence-electron chi connectivity index (χ1n) is 6.12. The van der Waals surface area contributed by atoms with E-state index in [4.69, 9.17) is 0 Å². The maximum atomic E-state index is 13.8. The minimum Gasteiger partial charge on any atom is -0.284 e. The summed E-state index contributed by atoms with van der Waals surface area (Å²) in [5.74, 6) is -0.271. The maximum absolute atomic E-state index is 13.8. The second kappa shape index (κ2) is 5.29. The van der Waals surface area contributed by atoms with Gasteiger partial charge >= 0.3 is 0 Å². The van der Waals surface area contributed by atoms with E-state index in [0.29, 0.717) is 5.56 Å². The van der Waals surface area contributed by atoms with Crippen LogP contribution in [-0.4, -0.2) is 18.0 Å². The summed E-state index contributed by atoms with van der Waals surface area (Å²) < 4.78 is 13.8. The van der Waals surface area contributed by atoms with Crippen molar-refractivity contribution in [3.8, 4) is 6.07 Å². The van der Waals surface area contributed by atoms with Gasteiger partial charge in [0.2, 0.25) is 0 Å². The van der Waals surface area contributed by atoms with Gasteiger partial charge in [-0.2, -0.15) is 5.26 Å². The molecule has 0 radical (unpaired) electrons. The van der Waals surface area contributed by atoms with Crippen LogP contribution in [0.25, 0.3) is 0 Å². The smallest absolute Gasteiger partial charge is 0.129 e. The molecule has 1 saturated heterocycles. The van der Waals surface area contributed by atoms with E-state index >= 15 is 0 Å². The van der Waals surface area contributed by atoms with E-state index in [-0.39, 0.29) is 5.82 Å². The van der Waals surface area contributed by atoms with Crippen LogP contribution < -0.4 is 0 Å². The molecule has 0 aromatic heterocycles. The molecule has 0 spiro atoms. The largest absolute Gasteiger partial charge is 0.284 e. The molecule has 0 N–H and O–H groups in total. The Morgan fingerprint density at radius 1 is 1.29 bits per heavy atom. The van der Waals surface area contributed by atoms with Gasteiger partial charge in [-0.3, -0.25) is 4.90 Å². The molecule has 17 heavy (non-hydrogen) atoms. The van der Waals surface area contributed by atoms with Crippen molar-refractivity contribution in [1.82, 2.24) is 4.90 Å². The molecule has 0 bridgehead atoms. The van der Waals surface area contributed by atoms with Gasteiger partial charge in [0.1, 0.15) is 11.9 Å². The Balaban J connectivity index is 2.28. The van der Waals surface area contributed by atoms with Crippen molar-refractivity contribution in [1.29, 1.82) is 5.26 Å². The topological polar surface area (TPSA) is 27.0 Å². The van der Waals surface area contributed by atoms with Gasteiger partial charge in [-0.25, -0.2) is 4.39 Å². The van der Waals surface area contributed by atoms with E-state index in [0.717, 1.165) is 31.5 Å². The van der Waals surface area contributed by atoms with Crippen LogP contribution in [0.4, 0.5) is 4.39 Å². The summed E-state index contributed by atoms with van der Waals surface area (Å²) in [6.45, 7) is 3.71. The molecule has 1 heterocycles. The van der Waals surface area contributed by atoms with Gasteiger partial charge in [-0.1, -0.05) is 24.1 Å². The Morgan fingerprint density at radius 2 is 2.00 bits per heavy atom. The number of hydrogen-bond acceptors (Lipinski definition) is 2. The van der Waals surface area contributed by atoms with Gasteiger partial charge in [0.15, 0.2) is 0 Å². The minimum absolute atomic E-state index is 0.271. The van der Waals surface area contributed by atoms with Gasteiger partial charge in [0.05, 0.1) is 6.07 Å². The number of rotatable bonds is 2. The quantitative estimate of drug-likeness (QED) is 0.783. The van der Waals surface area contributed by atoms with Crippen LogP contribution >= 0.6 is 0 Å². The van der Waals surface area contributed by atoms with Gasteiger partial charge in [0, 0.05) is 5.56 Å². The first-order valence-corrected chi connectivity index (χ1v) is 6.12. The number of halogens is 1. The predicted octanol–water partition coefficient (Wildman–Crippen LogP) is 3.18. The van der Waals surface area contributed by atoms with Gasteiger partial charge < -0.3 is 0 Å². The standard InChI is InChI=1S/C14H17FN2/c1-11-5-6-13(15)12(9-11)14(10-16)17-7-3-2-4-8-17/h5-6,9,14H,2-4,7-8H2,1H3. The normalized spacial score (nSPS) is 18.6. The molecule has 90 valence electrons. The van der Waals surface area contributed by atoms with E-state index in [1.54, 1.807) is 12.1 Å². The Labute approximate surface area is 102 Å². The molecular formula is C14H17FN2. The third-order valence-corrected chi connectivity index (χ3v) is 3.32. The van der Waals surface area contributed by atoms with Gasteiger partial charge in [-0.15, -0.1) is 0 Å². The van der Waals surface area contributed by atoms with E-state index in [2.05, 4.69) is 11.0 Å². The van der Waals surface area contributed by atoms with Crippen LogP contribution in [0, 0.1) is 24.1 Å². The van der Waals surface area contributed by atoms with Crippen LogP contribution in [0.2, 0.25) is 0 Å². The molecule has 0 amide bonds. The van der Waals surface area contributed by atoms with E-state index in [9.17, 15) is 9.65 Å². The highest BCUT2D eigenvalue weighted by Gasteiger charge is 2.24. The Hall–Kier alpha value is -1.40. The fourth-order valence-electron chi connectivity index (χ4n) is 2.40. The number of nitriles is 1. The monoisotopic (exact) mass is 232 g/mol. The molecule has 2 rings (SSSR count). The lowest BCUT2D eigenvalue weighted by Gasteiger charge is -2.30. The Bertz CT molecular complexity index is 430. The van der Waals surface area contributed by atoms with Crippen molar-refractivity contribution in [3.05, 3.63) is 35.1 Å². The molecule has 0 aliphatic carbocycles. The van der Waals surface area contributed by atoms with Gasteiger partial charge in [-0.05, 0) is 38.9 Å². The number of likely N-dealkylation sites (tertiary alicyclic amines) is 1. The predicted molar refractivity (Wildman–Crippen MR) is 64.9 cm³/mol. The Morgan fingerprint density at radius 3 is 2.65 bits per heavy atom. The zero-order valence-electron chi connectivity index (χ0n) is 10.1. The SMILES string of the molecule is Cc1ccc(F)c(C(C#N)N2CCCCC2)c1. The molecular weight excluding hydrogens is 215 g/mol.